The second-order valence-corrected chi connectivity index (χ2v) is 8.60. The van der Waals surface area contributed by atoms with Crippen molar-refractivity contribution in [1.29, 1.82) is 0 Å². The molecule has 0 unspecified atom stereocenters. The van der Waals surface area contributed by atoms with Crippen molar-refractivity contribution in [3.63, 3.8) is 0 Å². The van der Waals surface area contributed by atoms with Crippen LogP contribution in [0, 0.1) is 0 Å². The normalized spacial score (nSPS) is 14.0. The molecule has 9 nitrogen and oxygen atoms in total. The molecule has 0 bridgehead atoms. The number of aliphatic hydroxyl groups excluding tert-OH is 1. The lowest BCUT2D eigenvalue weighted by Gasteiger charge is -2.15. The molecule has 2 atom stereocenters. The summed E-state index contributed by atoms with van der Waals surface area (Å²) in [5.41, 5.74) is 7.73. The number of nitrogens with one attached hydrogen (secondary N) is 2. The fraction of sp³-hybridized carbons (Fsp3) is 0.150. The molecule has 0 aliphatic heterocycles. The number of hydrogen-bond donors (Lipinski definition) is 4. The van der Waals surface area contributed by atoms with Gasteiger partial charge in [-0.15, -0.1) is 0 Å². The zero-order valence-electron chi connectivity index (χ0n) is 15.9. The van der Waals surface area contributed by atoms with E-state index in [1.54, 1.807) is 12.3 Å². The van der Waals surface area contributed by atoms with Crippen molar-refractivity contribution in [1.82, 2.24) is 19.7 Å². The molecule has 0 radical (unpaired) electrons. The third-order valence-electron chi connectivity index (χ3n) is 4.81. The first-order chi connectivity index (χ1) is 14.3. The highest BCUT2D eigenvalue weighted by atomic mass is 32.2. The number of H-pyrrole nitrogens is 1. The minimum atomic E-state index is -4.15. The van der Waals surface area contributed by atoms with Gasteiger partial charge in [-0.25, -0.2) is 23.1 Å². The molecule has 10 heteroatoms. The van der Waals surface area contributed by atoms with Crippen LogP contribution in [0.3, 0.4) is 0 Å². The second kappa shape index (κ2) is 7.48. The Hall–Kier alpha value is -3.34. The molecular formula is C20H19N5O4S. The number of carbonyl (C=O) groups excluding carboxylic acids is 1. The van der Waals surface area contributed by atoms with Gasteiger partial charge < -0.3 is 15.8 Å². The van der Waals surface area contributed by atoms with Gasteiger partial charge in [0.2, 0.25) is 0 Å². The summed E-state index contributed by atoms with van der Waals surface area (Å²) < 4.78 is 27.1. The molecule has 4 rings (SSSR count). The van der Waals surface area contributed by atoms with Gasteiger partial charge in [0.05, 0.1) is 16.7 Å². The first-order valence-corrected chi connectivity index (χ1v) is 10.6. The van der Waals surface area contributed by atoms with Gasteiger partial charge in [0.1, 0.15) is 18.0 Å². The Labute approximate surface area is 172 Å². The molecule has 0 saturated heterocycles. The van der Waals surface area contributed by atoms with Crippen LogP contribution in [0.5, 0.6) is 0 Å². The van der Waals surface area contributed by atoms with Crippen molar-refractivity contribution in [2.45, 2.75) is 24.0 Å². The number of nitrogens with zero attached hydrogens (tertiary/aromatic N) is 2. The molecule has 30 heavy (non-hydrogen) atoms. The van der Waals surface area contributed by atoms with Gasteiger partial charge in [-0.1, -0.05) is 18.2 Å². The smallest absolute Gasteiger partial charge is 0.264 e. The number of benzene rings is 2. The van der Waals surface area contributed by atoms with Crippen LogP contribution in [0.15, 0.2) is 59.9 Å². The molecule has 2 heterocycles. The number of amides is 1. The van der Waals surface area contributed by atoms with Crippen molar-refractivity contribution in [3.8, 4) is 11.3 Å². The first kappa shape index (κ1) is 20.0. The van der Waals surface area contributed by atoms with E-state index in [2.05, 4.69) is 15.0 Å². The van der Waals surface area contributed by atoms with E-state index in [0.717, 1.165) is 16.3 Å². The number of aromatic amines is 1. The average molecular weight is 425 g/mol. The van der Waals surface area contributed by atoms with Gasteiger partial charge in [-0.05, 0) is 42.0 Å². The summed E-state index contributed by atoms with van der Waals surface area (Å²) in [5.74, 6) is -0.977. The van der Waals surface area contributed by atoms with Crippen molar-refractivity contribution < 1.29 is 18.3 Å². The zero-order chi connectivity index (χ0) is 21.5. The number of aromatic nitrogens is 3. The molecule has 5 N–H and O–H groups in total. The predicted molar refractivity (Wildman–Crippen MR) is 112 cm³/mol. The van der Waals surface area contributed by atoms with Crippen molar-refractivity contribution in [2.75, 3.05) is 0 Å². The van der Waals surface area contributed by atoms with E-state index in [4.69, 9.17) is 5.73 Å². The number of fused-ring (bicyclic) bond motifs is 2. The Kier molecular flexibility index (Phi) is 4.98. The highest BCUT2D eigenvalue weighted by molar-refractivity contribution is 7.90. The average Bonchev–Trinajstić information content (AvgIpc) is 3.20. The SMILES string of the molecule is C[C@@H](O)[C@H](N)C(=O)NS(=O)(=O)c1ccc2ccc(-c3ncnc4[nH]ccc34)cc2c1. The van der Waals surface area contributed by atoms with E-state index < -0.39 is 28.1 Å². The first-order valence-electron chi connectivity index (χ1n) is 9.09. The van der Waals surface area contributed by atoms with Gasteiger partial charge >= 0.3 is 0 Å². The van der Waals surface area contributed by atoms with E-state index in [1.165, 1.54) is 25.4 Å². The fourth-order valence-electron chi connectivity index (χ4n) is 3.12. The summed E-state index contributed by atoms with van der Waals surface area (Å²) in [6.07, 6.45) is 2.05. The van der Waals surface area contributed by atoms with Gasteiger partial charge in [-0.2, -0.15) is 0 Å². The summed E-state index contributed by atoms with van der Waals surface area (Å²) in [6.45, 7) is 1.31. The van der Waals surface area contributed by atoms with Crippen LogP contribution < -0.4 is 10.5 Å². The van der Waals surface area contributed by atoms with Crippen LogP contribution in [0.2, 0.25) is 0 Å². The van der Waals surface area contributed by atoms with E-state index in [9.17, 15) is 18.3 Å². The van der Waals surface area contributed by atoms with E-state index in [-0.39, 0.29) is 4.90 Å². The van der Waals surface area contributed by atoms with E-state index >= 15 is 0 Å². The monoisotopic (exact) mass is 425 g/mol. The van der Waals surface area contributed by atoms with Crippen molar-refractivity contribution in [2.24, 2.45) is 5.73 Å². The van der Waals surface area contributed by atoms with Crippen molar-refractivity contribution >= 4 is 37.7 Å². The molecule has 0 spiro atoms. The molecule has 2 aromatic carbocycles. The van der Waals surface area contributed by atoms with Crippen LogP contribution in [0.25, 0.3) is 33.1 Å². The van der Waals surface area contributed by atoms with Crippen LogP contribution in [-0.2, 0) is 14.8 Å². The molecule has 2 aromatic heterocycles. The maximum absolute atomic E-state index is 12.6. The summed E-state index contributed by atoms with van der Waals surface area (Å²) in [7, 11) is -4.15. The lowest BCUT2D eigenvalue weighted by molar-refractivity contribution is -0.122. The van der Waals surface area contributed by atoms with Crippen LogP contribution >= 0.6 is 0 Å². The Balaban J connectivity index is 1.73. The third-order valence-corrected chi connectivity index (χ3v) is 6.15. The molecule has 0 aliphatic rings. The lowest BCUT2D eigenvalue weighted by atomic mass is 10.0. The van der Waals surface area contributed by atoms with Crippen LogP contribution in [0.1, 0.15) is 6.92 Å². The Morgan fingerprint density at radius 1 is 1.13 bits per heavy atom. The molecular weight excluding hydrogens is 406 g/mol. The number of nitrogens with two attached hydrogens (primary N) is 1. The molecule has 0 fully saturated rings. The summed E-state index contributed by atoms with van der Waals surface area (Å²) in [5, 5.41) is 11.7. The molecule has 1 amide bonds. The van der Waals surface area contributed by atoms with Crippen molar-refractivity contribution in [3.05, 3.63) is 55.0 Å². The number of sulfonamides is 1. The highest BCUT2D eigenvalue weighted by Crippen LogP contribution is 2.29. The minimum absolute atomic E-state index is 0.0900. The highest BCUT2D eigenvalue weighted by Gasteiger charge is 2.25. The van der Waals surface area contributed by atoms with E-state index in [1.807, 2.05) is 29.0 Å². The van der Waals surface area contributed by atoms with Gasteiger partial charge in [0.15, 0.2) is 0 Å². The summed E-state index contributed by atoms with van der Waals surface area (Å²) >= 11 is 0. The lowest BCUT2D eigenvalue weighted by Crippen LogP contribution is -2.48. The van der Waals surface area contributed by atoms with Gasteiger partial charge in [0, 0.05) is 17.1 Å². The third kappa shape index (κ3) is 3.63. The number of carbonyl (C=O) groups is 1. The number of aliphatic hydroxyl groups is 1. The largest absolute Gasteiger partial charge is 0.391 e. The molecule has 0 aliphatic carbocycles. The molecule has 154 valence electrons. The fourth-order valence-corrected chi connectivity index (χ4v) is 4.17. The maximum Gasteiger partial charge on any atom is 0.264 e. The van der Waals surface area contributed by atoms with Crippen LogP contribution in [0.4, 0.5) is 0 Å². The number of hydrogen-bond acceptors (Lipinski definition) is 7. The number of rotatable bonds is 5. The standard InChI is InChI=1S/C20H19N5O4S/c1-11(26)17(21)20(27)25-30(28,29)15-5-4-12-2-3-13(8-14(12)9-15)18-16-6-7-22-19(16)24-10-23-18/h2-11,17,26H,21H2,1H3,(H,25,27)(H,22,23,24)/t11-,17+/m1/s1. The topological polar surface area (TPSA) is 151 Å². The summed E-state index contributed by atoms with van der Waals surface area (Å²) in [4.78, 5) is 23.5. The molecule has 4 aromatic rings. The Morgan fingerprint density at radius 3 is 2.67 bits per heavy atom. The Bertz CT molecular complexity index is 1360. The second-order valence-electron chi connectivity index (χ2n) is 6.92. The quantitative estimate of drug-likeness (QED) is 0.376. The summed E-state index contributed by atoms with van der Waals surface area (Å²) in [6, 6.07) is 10.6. The zero-order valence-corrected chi connectivity index (χ0v) is 16.7. The van der Waals surface area contributed by atoms with Crippen LogP contribution in [-0.4, -0.2) is 46.5 Å². The minimum Gasteiger partial charge on any atom is -0.391 e. The molecule has 0 saturated carbocycles. The predicted octanol–water partition coefficient (Wildman–Crippen LogP) is 1.29. The maximum atomic E-state index is 12.6. The van der Waals surface area contributed by atoms with Gasteiger partial charge in [-0.3, -0.25) is 4.79 Å². The Morgan fingerprint density at radius 2 is 1.90 bits per heavy atom. The van der Waals surface area contributed by atoms with Gasteiger partial charge in [0.25, 0.3) is 15.9 Å². The van der Waals surface area contributed by atoms with E-state index in [0.29, 0.717) is 16.7 Å².